The highest BCUT2D eigenvalue weighted by atomic mass is 16.2. The van der Waals surface area contributed by atoms with Crippen LogP contribution in [-0.4, -0.2) is 57.2 Å². The molecule has 7 nitrogen and oxygen atoms in total. The summed E-state index contributed by atoms with van der Waals surface area (Å²) in [5, 5.41) is 13.5. The molecule has 2 heterocycles. The Kier molecular flexibility index (Phi) is 5.07. The van der Waals surface area contributed by atoms with Crippen LogP contribution in [0.15, 0.2) is 6.33 Å². The van der Waals surface area contributed by atoms with Gasteiger partial charge in [0.1, 0.15) is 12.9 Å². The molecular weight excluding hydrogens is 232 g/mol. The molecular formula is C11H20N6O. The number of likely N-dealkylation sites (tertiary alicyclic amines) is 1. The van der Waals surface area contributed by atoms with Gasteiger partial charge in [0.2, 0.25) is 5.91 Å². The van der Waals surface area contributed by atoms with Crippen molar-refractivity contribution in [1.82, 2.24) is 30.4 Å². The van der Waals surface area contributed by atoms with E-state index in [0.29, 0.717) is 0 Å². The Morgan fingerprint density at radius 3 is 2.83 bits per heavy atom. The fraction of sp³-hybridized carbons (Fsp3) is 0.818. The number of nitrogens with one attached hydrogen (secondary N) is 1. The van der Waals surface area contributed by atoms with Crippen LogP contribution >= 0.6 is 0 Å². The lowest BCUT2D eigenvalue weighted by atomic mass is 10.1. The van der Waals surface area contributed by atoms with Crippen LogP contribution in [0.25, 0.3) is 0 Å². The second-order valence-corrected chi connectivity index (χ2v) is 4.61. The quantitative estimate of drug-likeness (QED) is 0.701. The molecule has 0 aliphatic carbocycles. The molecule has 2 rings (SSSR count). The molecule has 1 amide bonds. The van der Waals surface area contributed by atoms with Crippen molar-refractivity contribution >= 4 is 5.91 Å². The molecule has 7 heteroatoms. The number of tetrazole rings is 1. The third-order valence-electron chi connectivity index (χ3n) is 3.12. The Morgan fingerprint density at radius 2 is 2.11 bits per heavy atom. The zero-order chi connectivity index (χ0) is 12.6. The topological polar surface area (TPSA) is 75.9 Å². The summed E-state index contributed by atoms with van der Waals surface area (Å²) in [6, 6.07) is 0. The first-order valence-corrected chi connectivity index (χ1v) is 6.54. The van der Waals surface area contributed by atoms with Crippen molar-refractivity contribution in [3.63, 3.8) is 0 Å². The summed E-state index contributed by atoms with van der Waals surface area (Å²) in [6.07, 6.45) is 6.42. The lowest BCUT2D eigenvalue weighted by Gasteiger charge is -2.26. The van der Waals surface area contributed by atoms with Gasteiger partial charge < -0.3 is 10.2 Å². The number of nitrogens with zero attached hydrogens (tertiary/aromatic N) is 5. The summed E-state index contributed by atoms with van der Waals surface area (Å²) < 4.78 is 1.42. The molecule has 0 bridgehead atoms. The first-order valence-electron chi connectivity index (χ1n) is 6.54. The molecule has 0 saturated carbocycles. The summed E-state index contributed by atoms with van der Waals surface area (Å²) in [6.45, 7) is 4.40. The van der Waals surface area contributed by atoms with Crippen LogP contribution in [0, 0.1) is 0 Å². The van der Waals surface area contributed by atoms with Gasteiger partial charge in [-0.1, -0.05) is 6.42 Å². The molecule has 1 saturated heterocycles. The molecule has 0 aromatic carbocycles. The fourth-order valence-electron chi connectivity index (χ4n) is 2.17. The summed E-state index contributed by atoms with van der Waals surface area (Å²) in [7, 11) is 0. The summed E-state index contributed by atoms with van der Waals surface area (Å²) in [4.78, 5) is 14.0. The second-order valence-electron chi connectivity index (χ2n) is 4.61. The maximum absolute atomic E-state index is 11.5. The van der Waals surface area contributed by atoms with Crippen molar-refractivity contribution < 1.29 is 4.79 Å². The van der Waals surface area contributed by atoms with Gasteiger partial charge in [0.25, 0.3) is 0 Å². The van der Waals surface area contributed by atoms with Gasteiger partial charge in [0.05, 0.1) is 0 Å². The van der Waals surface area contributed by atoms with Crippen LogP contribution in [0.5, 0.6) is 0 Å². The van der Waals surface area contributed by atoms with Crippen LogP contribution in [0.3, 0.4) is 0 Å². The van der Waals surface area contributed by atoms with Crippen molar-refractivity contribution in [2.24, 2.45) is 0 Å². The Morgan fingerprint density at radius 1 is 1.28 bits per heavy atom. The standard InChI is InChI=1S/C11H20N6O/c18-11(9-17-10-13-14-15-17)12-5-4-8-16-6-2-1-3-7-16/h10H,1-9H2,(H,12,18). The van der Waals surface area contributed by atoms with Gasteiger partial charge in [-0.05, 0) is 49.3 Å². The molecule has 1 aromatic heterocycles. The number of piperidine rings is 1. The summed E-state index contributed by atoms with van der Waals surface area (Å²) in [5.74, 6) is -0.0408. The zero-order valence-corrected chi connectivity index (χ0v) is 10.6. The third kappa shape index (κ3) is 4.40. The Balaban J connectivity index is 1.53. The Labute approximate surface area is 107 Å². The smallest absolute Gasteiger partial charge is 0.241 e. The largest absolute Gasteiger partial charge is 0.354 e. The molecule has 1 aromatic rings. The molecule has 0 unspecified atom stereocenters. The Hall–Kier alpha value is -1.50. The molecule has 0 radical (unpaired) electrons. The highest BCUT2D eigenvalue weighted by molar-refractivity contribution is 5.75. The highest BCUT2D eigenvalue weighted by Crippen LogP contribution is 2.08. The molecule has 100 valence electrons. The van der Waals surface area contributed by atoms with E-state index in [9.17, 15) is 4.79 Å². The summed E-state index contributed by atoms with van der Waals surface area (Å²) >= 11 is 0. The van der Waals surface area contributed by atoms with Gasteiger partial charge in [-0.2, -0.15) is 0 Å². The maximum atomic E-state index is 11.5. The van der Waals surface area contributed by atoms with Crippen LogP contribution in [0.4, 0.5) is 0 Å². The van der Waals surface area contributed by atoms with Gasteiger partial charge in [0, 0.05) is 6.54 Å². The minimum atomic E-state index is -0.0408. The molecule has 1 aliphatic rings. The van der Waals surface area contributed by atoms with Crippen molar-refractivity contribution in [2.45, 2.75) is 32.2 Å². The minimum absolute atomic E-state index is 0.0408. The first kappa shape index (κ1) is 12.9. The van der Waals surface area contributed by atoms with Crippen LogP contribution in [-0.2, 0) is 11.3 Å². The fourth-order valence-corrected chi connectivity index (χ4v) is 2.17. The van der Waals surface area contributed by atoms with Gasteiger partial charge >= 0.3 is 0 Å². The van der Waals surface area contributed by atoms with Gasteiger partial charge in [-0.3, -0.25) is 4.79 Å². The van der Waals surface area contributed by atoms with Crippen molar-refractivity contribution in [3.05, 3.63) is 6.33 Å². The minimum Gasteiger partial charge on any atom is -0.354 e. The predicted octanol–water partition coefficient (Wildman–Crippen LogP) is -0.335. The van der Waals surface area contributed by atoms with E-state index in [-0.39, 0.29) is 12.5 Å². The lowest BCUT2D eigenvalue weighted by Crippen LogP contribution is -2.34. The number of hydrogen-bond donors (Lipinski definition) is 1. The van der Waals surface area contributed by atoms with E-state index >= 15 is 0 Å². The highest BCUT2D eigenvalue weighted by Gasteiger charge is 2.09. The van der Waals surface area contributed by atoms with E-state index in [1.807, 2.05) is 0 Å². The number of carbonyl (C=O) groups is 1. The SMILES string of the molecule is O=C(Cn1cnnn1)NCCCN1CCCCC1. The van der Waals surface area contributed by atoms with E-state index in [2.05, 4.69) is 25.7 Å². The van der Waals surface area contributed by atoms with Crippen molar-refractivity contribution in [3.8, 4) is 0 Å². The first-order chi connectivity index (χ1) is 8.84. The molecule has 1 N–H and O–H groups in total. The van der Waals surface area contributed by atoms with Crippen LogP contribution in [0.2, 0.25) is 0 Å². The van der Waals surface area contributed by atoms with Gasteiger partial charge in [-0.15, -0.1) is 5.10 Å². The average molecular weight is 252 g/mol. The lowest BCUT2D eigenvalue weighted by molar-refractivity contribution is -0.121. The summed E-state index contributed by atoms with van der Waals surface area (Å²) in [5.41, 5.74) is 0. The number of rotatable bonds is 6. The van der Waals surface area contributed by atoms with Crippen LogP contribution < -0.4 is 5.32 Å². The number of carbonyl (C=O) groups excluding carboxylic acids is 1. The number of amides is 1. The normalized spacial score (nSPS) is 16.7. The van der Waals surface area contributed by atoms with Gasteiger partial charge in [-0.25, -0.2) is 4.68 Å². The zero-order valence-electron chi connectivity index (χ0n) is 10.6. The molecule has 18 heavy (non-hydrogen) atoms. The van der Waals surface area contributed by atoms with Gasteiger partial charge in [0.15, 0.2) is 0 Å². The van der Waals surface area contributed by atoms with E-state index in [4.69, 9.17) is 0 Å². The van der Waals surface area contributed by atoms with E-state index in [1.165, 1.54) is 43.4 Å². The number of aromatic nitrogens is 4. The van der Waals surface area contributed by atoms with Crippen molar-refractivity contribution in [2.75, 3.05) is 26.2 Å². The van der Waals surface area contributed by atoms with E-state index in [0.717, 1.165) is 19.5 Å². The molecule has 0 spiro atoms. The predicted molar refractivity (Wildman–Crippen MR) is 65.7 cm³/mol. The monoisotopic (exact) mass is 252 g/mol. The molecule has 1 aliphatic heterocycles. The number of hydrogen-bond acceptors (Lipinski definition) is 5. The van der Waals surface area contributed by atoms with E-state index in [1.54, 1.807) is 0 Å². The van der Waals surface area contributed by atoms with E-state index < -0.39 is 0 Å². The molecule has 0 atom stereocenters. The maximum Gasteiger partial charge on any atom is 0.241 e. The van der Waals surface area contributed by atoms with Crippen LogP contribution in [0.1, 0.15) is 25.7 Å². The second kappa shape index (κ2) is 7.05. The third-order valence-corrected chi connectivity index (χ3v) is 3.12. The Bertz CT molecular complexity index is 346. The average Bonchev–Trinajstić information content (AvgIpc) is 2.89. The van der Waals surface area contributed by atoms with Crippen molar-refractivity contribution in [1.29, 1.82) is 0 Å². The molecule has 1 fully saturated rings.